The van der Waals surface area contributed by atoms with E-state index in [1.165, 1.54) is 16.2 Å². The predicted octanol–water partition coefficient (Wildman–Crippen LogP) is 3.49. The summed E-state index contributed by atoms with van der Waals surface area (Å²) in [5.74, 6) is -2.51. The number of allylic oxidation sites excluding steroid dienone is 2. The molecule has 0 spiro atoms. The van der Waals surface area contributed by atoms with Crippen molar-refractivity contribution in [2.24, 2.45) is 11.8 Å². The lowest BCUT2D eigenvalue weighted by atomic mass is 9.76. The van der Waals surface area contributed by atoms with Crippen LogP contribution in [0.2, 0.25) is 0 Å². The number of rotatable bonds is 3. The van der Waals surface area contributed by atoms with Crippen LogP contribution in [0.4, 0.5) is 5.00 Å². The molecule has 0 bridgehead atoms. The summed E-state index contributed by atoms with van der Waals surface area (Å²) in [6.07, 6.45) is 3.75. The number of aliphatic carboxylic acids is 1. The minimum Gasteiger partial charge on any atom is -0.481 e. The highest BCUT2D eigenvalue weighted by Gasteiger charge is 2.38. The first-order chi connectivity index (χ1) is 11.4. The first-order valence-corrected chi connectivity index (χ1v) is 8.97. The van der Waals surface area contributed by atoms with E-state index in [1.807, 2.05) is 13.8 Å². The first-order valence-electron chi connectivity index (χ1n) is 8.16. The number of nitrogens with one attached hydrogen (secondary N) is 1. The van der Waals surface area contributed by atoms with E-state index >= 15 is 0 Å². The van der Waals surface area contributed by atoms with Gasteiger partial charge in [0, 0.05) is 4.88 Å². The Balaban J connectivity index is 1.85. The molecule has 0 fully saturated rings. The topological polar surface area (TPSA) is 90.2 Å². The normalized spacial score (nSPS) is 22.9. The zero-order valence-electron chi connectivity index (χ0n) is 13.8. The summed E-state index contributed by atoms with van der Waals surface area (Å²) in [5, 5.41) is 22.3. The number of anilines is 1. The molecule has 2 N–H and O–H groups in total. The Kier molecular flexibility index (Phi) is 4.46. The van der Waals surface area contributed by atoms with Crippen LogP contribution in [0.15, 0.2) is 11.1 Å². The van der Waals surface area contributed by atoms with Gasteiger partial charge < -0.3 is 10.4 Å². The number of nitrogens with zero attached hydrogens (tertiary/aromatic N) is 1. The van der Waals surface area contributed by atoms with E-state index in [9.17, 15) is 20.0 Å². The molecule has 2 aliphatic rings. The molecular weight excluding hydrogens is 324 g/mol. The van der Waals surface area contributed by atoms with Crippen LogP contribution in [-0.4, -0.2) is 17.0 Å². The Hall–Kier alpha value is -2.13. The Morgan fingerprint density at radius 2 is 1.88 bits per heavy atom. The Morgan fingerprint density at radius 3 is 2.50 bits per heavy atom. The summed E-state index contributed by atoms with van der Waals surface area (Å²) in [7, 11) is 0. The molecule has 0 saturated heterocycles. The first kappa shape index (κ1) is 16.7. The van der Waals surface area contributed by atoms with Crippen molar-refractivity contribution in [3.63, 3.8) is 0 Å². The molecule has 0 aliphatic heterocycles. The van der Waals surface area contributed by atoms with Gasteiger partial charge in [0.15, 0.2) is 0 Å². The lowest BCUT2D eigenvalue weighted by Gasteiger charge is -2.29. The van der Waals surface area contributed by atoms with E-state index in [2.05, 4.69) is 11.4 Å². The van der Waals surface area contributed by atoms with Crippen LogP contribution in [-0.2, 0) is 22.4 Å². The van der Waals surface area contributed by atoms with Gasteiger partial charge in [0.25, 0.3) is 0 Å². The lowest BCUT2D eigenvalue weighted by molar-refractivity contribution is -0.146. The van der Waals surface area contributed by atoms with Crippen molar-refractivity contribution in [3.8, 4) is 6.07 Å². The largest absolute Gasteiger partial charge is 0.481 e. The Labute approximate surface area is 145 Å². The average Bonchev–Trinajstić information content (AvgIpc) is 3.09. The summed E-state index contributed by atoms with van der Waals surface area (Å²) in [5.41, 5.74) is 3.76. The number of amides is 1. The SMILES string of the molecule is CC1=C(C)C[C@@H](C(=O)O)[C@@H](C(=O)Nc2sc3c(c2C#N)CCC3)C1. The van der Waals surface area contributed by atoms with E-state index < -0.39 is 17.8 Å². The van der Waals surface area contributed by atoms with Crippen LogP contribution in [0.25, 0.3) is 0 Å². The van der Waals surface area contributed by atoms with E-state index in [-0.39, 0.29) is 5.91 Å². The molecule has 2 atom stereocenters. The number of carbonyl (C=O) groups excluding carboxylic acids is 1. The summed E-state index contributed by atoms with van der Waals surface area (Å²) in [6.45, 7) is 3.88. The number of fused-ring (bicyclic) bond motifs is 1. The van der Waals surface area contributed by atoms with Crippen LogP contribution in [0.1, 0.15) is 49.1 Å². The van der Waals surface area contributed by atoms with Gasteiger partial charge in [0.05, 0.1) is 17.4 Å². The van der Waals surface area contributed by atoms with Crippen LogP contribution >= 0.6 is 11.3 Å². The van der Waals surface area contributed by atoms with Crippen LogP contribution in [0.3, 0.4) is 0 Å². The molecule has 1 heterocycles. The van der Waals surface area contributed by atoms with E-state index in [1.54, 1.807) is 0 Å². The van der Waals surface area contributed by atoms with Crippen molar-refractivity contribution >= 4 is 28.2 Å². The number of aryl methyl sites for hydroxylation is 1. The fourth-order valence-electron chi connectivity index (χ4n) is 3.64. The molecule has 0 unspecified atom stereocenters. The zero-order chi connectivity index (χ0) is 17.4. The van der Waals surface area contributed by atoms with Crippen molar-refractivity contribution in [2.75, 3.05) is 5.32 Å². The van der Waals surface area contributed by atoms with E-state index in [0.29, 0.717) is 23.4 Å². The molecule has 24 heavy (non-hydrogen) atoms. The highest BCUT2D eigenvalue weighted by atomic mass is 32.1. The van der Waals surface area contributed by atoms with Gasteiger partial charge in [-0.05, 0) is 51.5 Å². The van der Waals surface area contributed by atoms with Crippen LogP contribution in [0.5, 0.6) is 0 Å². The molecule has 1 aromatic rings. The Bertz CT molecular complexity index is 785. The highest BCUT2D eigenvalue weighted by molar-refractivity contribution is 7.16. The number of carboxylic acids is 1. The molecule has 1 aromatic heterocycles. The number of nitriles is 1. The molecule has 1 amide bonds. The number of thiophene rings is 1. The summed E-state index contributed by atoms with van der Waals surface area (Å²) < 4.78 is 0. The van der Waals surface area contributed by atoms with E-state index in [0.717, 1.165) is 36.0 Å². The molecule has 0 radical (unpaired) electrons. The average molecular weight is 344 g/mol. The number of carbonyl (C=O) groups is 2. The van der Waals surface area contributed by atoms with Gasteiger partial charge in [-0.25, -0.2) is 0 Å². The monoisotopic (exact) mass is 344 g/mol. The molecule has 5 nitrogen and oxygen atoms in total. The lowest BCUT2D eigenvalue weighted by Crippen LogP contribution is -2.36. The van der Waals surface area contributed by atoms with Crippen molar-refractivity contribution in [1.29, 1.82) is 5.26 Å². The van der Waals surface area contributed by atoms with Crippen molar-refractivity contribution in [2.45, 2.75) is 46.0 Å². The van der Waals surface area contributed by atoms with Crippen molar-refractivity contribution < 1.29 is 14.7 Å². The molecule has 2 aliphatic carbocycles. The van der Waals surface area contributed by atoms with Crippen LogP contribution < -0.4 is 5.32 Å². The van der Waals surface area contributed by atoms with Gasteiger partial charge in [-0.2, -0.15) is 5.26 Å². The van der Waals surface area contributed by atoms with Gasteiger partial charge in [-0.1, -0.05) is 11.1 Å². The third-order valence-electron chi connectivity index (χ3n) is 5.19. The van der Waals surface area contributed by atoms with Crippen molar-refractivity contribution in [3.05, 3.63) is 27.2 Å². The molecule has 6 heteroatoms. The molecule has 3 rings (SSSR count). The maximum absolute atomic E-state index is 12.7. The minimum atomic E-state index is -0.934. The van der Waals surface area contributed by atoms with Crippen LogP contribution in [0, 0.1) is 23.2 Å². The Morgan fingerprint density at radius 1 is 1.21 bits per heavy atom. The quantitative estimate of drug-likeness (QED) is 0.821. The third-order valence-corrected chi connectivity index (χ3v) is 6.40. The zero-order valence-corrected chi connectivity index (χ0v) is 14.6. The second kappa shape index (κ2) is 6.40. The second-order valence-corrected chi connectivity index (χ2v) is 7.79. The number of carboxylic acid groups (broad SMARTS) is 1. The summed E-state index contributed by atoms with van der Waals surface area (Å²) >= 11 is 1.46. The molecule has 0 saturated carbocycles. The van der Waals surface area contributed by atoms with Gasteiger partial charge in [-0.3, -0.25) is 9.59 Å². The predicted molar refractivity (Wildman–Crippen MR) is 91.9 cm³/mol. The maximum Gasteiger partial charge on any atom is 0.307 e. The van der Waals surface area contributed by atoms with Gasteiger partial charge >= 0.3 is 5.97 Å². The molecular formula is C18H20N2O3S. The smallest absolute Gasteiger partial charge is 0.307 e. The summed E-state index contributed by atoms with van der Waals surface area (Å²) in [6, 6.07) is 2.20. The fraction of sp³-hybridized carbons (Fsp3) is 0.500. The number of hydrogen-bond acceptors (Lipinski definition) is 4. The maximum atomic E-state index is 12.7. The van der Waals surface area contributed by atoms with Crippen molar-refractivity contribution in [1.82, 2.24) is 0 Å². The van der Waals surface area contributed by atoms with E-state index in [4.69, 9.17) is 0 Å². The van der Waals surface area contributed by atoms with Gasteiger partial charge in [-0.15, -0.1) is 11.3 Å². The summed E-state index contributed by atoms with van der Waals surface area (Å²) in [4.78, 5) is 25.5. The minimum absolute atomic E-state index is 0.286. The number of hydrogen-bond donors (Lipinski definition) is 2. The molecule has 126 valence electrons. The third kappa shape index (κ3) is 2.84. The highest BCUT2D eigenvalue weighted by Crippen LogP contribution is 2.40. The fourth-order valence-corrected chi connectivity index (χ4v) is 4.89. The van der Waals surface area contributed by atoms with Gasteiger partial charge in [0.2, 0.25) is 5.91 Å². The molecule has 0 aromatic carbocycles. The van der Waals surface area contributed by atoms with Gasteiger partial charge in [0.1, 0.15) is 11.1 Å². The second-order valence-electron chi connectivity index (χ2n) is 6.68. The standard InChI is InChI=1S/C18H20N2O3S/c1-9-6-12(13(18(22)23)7-10(9)2)16(21)20-17-14(8-19)11-4-3-5-15(11)24-17/h12-13H,3-7H2,1-2H3,(H,20,21)(H,22,23)/t12-,13+/m0/s1.